The Labute approximate surface area is 193 Å². The third-order valence-corrected chi connectivity index (χ3v) is 5.40. The summed E-state index contributed by atoms with van der Waals surface area (Å²) in [6.45, 7) is 7.48. The summed E-state index contributed by atoms with van der Waals surface area (Å²) in [7, 11) is 2.91. The Balaban J connectivity index is 2.37. The molecule has 1 rings (SSSR count). The second-order valence-electron chi connectivity index (χ2n) is 9.64. The van der Waals surface area contributed by atoms with Gasteiger partial charge >= 0.3 is 5.97 Å². The summed E-state index contributed by atoms with van der Waals surface area (Å²) in [4.78, 5) is 25.9. The van der Waals surface area contributed by atoms with Gasteiger partial charge in [-0.3, -0.25) is 9.59 Å². The highest BCUT2D eigenvalue weighted by Gasteiger charge is 2.24. The topological polar surface area (TPSA) is 55.8 Å². The highest BCUT2D eigenvalue weighted by molar-refractivity contribution is 5.94. The third kappa shape index (κ3) is 11.5. The summed E-state index contributed by atoms with van der Waals surface area (Å²) in [6.07, 6.45) is 10.3. The van der Waals surface area contributed by atoms with Gasteiger partial charge < -0.3 is 14.4 Å². The molecular weight excluding hydrogens is 409 g/mol. The van der Waals surface area contributed by atoms with Gasteiger partial charge in [-0.05, 0) is 30.4 Å². The molecule has 0 aliphatic heterocycles. The molecule has 0 radical (unpaired) electrons. The predicted molar refractivity (Wildman–Crippen MR) is 126 cm³/mol. The van der Waals surface area contributed by atoms with Crippen molar-refractivity contribution in [2.45, 2.75) is 85.0 Å². The summed E-state index contributed by atoms with van der Waals surface area (Å²) in [6, 6.07) is 4.40. The van der Waals surface area contributed by atoms with E-state index in [1.807, 2.05) is 0 Å². The molecule has 0 saturated heterocycles. The van der Waals surface area contributed by atoms with Crippen LogP contribution in [0.25, 0.3) is 0 Å². The fraction of sp³-hybridized carbons (Fsp3) is 0.692. The zero-order valence-electron chi connectivity index (χ0n) is 20.7. The molecule has 0 aliphatic carbocycles. The van der Waals surface area contributed by atoms with Crippen molar-refractivity contribution in [1.29, 1.82) is 0 Å². The Morgan fingerprint density at radius 1 is 0.906 bits per heavy atom. The number of ether oxygens (including phenoxy) is 2. The van der Waals surface area contributed by atoms with E-state index in [1.165, 1.54) is 45.6 Å². The third-order valence-electron chi connectivity index (χ3n) is 5.40. The van der Waals surface area contributed by atoms with Crippen molar-refractivity contribution in [3.05, 3.63) is 29.6 Å². The van der Waals surface area contributed by atoms with Gasteiger partial charge in [-0.1, -0.05) is 65.7 Å². The van der Waals surface area contributed by atoms with Crippen molar-refractivity contribution in [2.24, 2.45) is 5.41 Å². The van der Waals surface area contributed by atoms with Crippen LogP contribution in [-0.2, 0) is 9.53 Å². The molecule has 0 fully saturated rings. The Hall–Kier alpha value is -2.11. The number of hydrogen-bond donors (Lipinski definition) is 0. The largest absolute Gasteiger partial charge is 0.497 e. The molecule has 32 heavy (non-hydrogen) atoms. The summed E-state index contributed by atoms with van der Waals surface area (Å²) in [5, 5.41) is 0. The van der Waals surface area contributed by atoms with Crippen molar-refractivity contribution < 1.29 is 23.5 Å². The van der Waals surface area contributed by atoms with E-state index in [-0.39, 0.29) is 22.9 Å². The maximum Gasteiger partial charge on any atom is 0.305 e. The van der Waals surface area contributed by atoms with Crippen molar-refractivity contribution >= 4 is 11.9 Å². The maximum atomic E-state index is 14.4. The first-order chi connectivity index (χ1) is 15.2. The van der Waals surface area contributed by atoms with Crippen LogP contribution in [0.1, 0.15) is 95.3 Å². The second kappa shape index (κ2) is 14.9. The quantitative estimate of drug-likeness (QED) is 0.229. The van der Waals surface area contributed by atoms with Crippen molar-refractivity contribution in [2.75, 3.05) is 27.3 Å². The number of nitrogens with zero attached hydrogens (tertiary/aromatic N) is 1. The lowest BCUT2D eigenvalue weighted by Crippen LogP contribution is -2.38. The van der Waals surface area contributed by atoms with Crippen LogP contribution in [0.2, 0.25) is 0 Å². The number of benzene rings is 1. The van der Waals surface area contributed by atoms with Gasteiger partial charge in [-0.2, -0.15) is 0 Å². The van der Waals surface area contributed by atoms with Gasteiger partial charge in [0.15, 0.2) is 0 Å². The van der Waals surface area contributed by atoms with E-state index in [4.69, 9.17) is 4.74 Å². The van der Waals surface area contributed by atoms with E-state index in [2.05, 4.69) is 25.5 Å². The minimum absolute atomic E-state index is 0.0630. The second-order valence-corrected chi connectivity index (χ2v) is 9.64. The van der Waals surface area contributed by atoms with Crippen molar-refractivity contribution in [1.82, 2.24) is 4.90 Å². The molecule has 1 amide bonds. The van der Waals surface area contributed by atoms with Crippen LogP contribution < -0.4 is 4.74 Å². The summed E-state index contributed by atoms with van der Waals surface area (Å²) < 4.78 is 24.1. The van der Waals surface area contributed by atoms with Gasteiger partial charge in [0.25, 0.3) is 5.91 Å². The molecule has 0 spiro atoms. The van der Waals surface area contributed by atoms with E-state index < -0.39 is 5.82 Å². The molecule has 0 heterocycles. The number of carbonyl (C=O) groups is 2. The van der Waals surface area contributed by atoms with Crippen LogP contribution in [-0.4, -0.2) is 44.1 Å². The van der Waals surface area contributed by atoms with Crippen LogP contribution in [0.4, 0.5) is 4.39 Å². The monoisotopic (exact) mass is 451 g/mol. The van der Waals surface area contributed by atoms with Crippen LogP contribution in [0.5, 0.6) is 5.75 Å². The molecule has 0 saturated carbocycles. The lowest BCUT2D eigenvalue weighted by atomic mass is 9.95. The van der Waals surface area contributed by atoms with E-state index in [9.17, 15) is 14.0 Å². The van der Waals surface area contributed by atoms with Crippen molar-refractivity contribution in [3.8, 4) is 5.75 Å². The highest BCUT2D eigenvalue weighted by atomic mass is 19.1. The number of amides is 1. The van der Waals surface area contributed by atoms with Gasteiger partial charge in [0.05, 0.1) is 19.8 Å². The van der Waals surface area contributed by atoms with Gasteiger partial charge in [-0.25, -0.2) is 4.39 Å². The molecule has 5 nitrogen and oxygen atoms in total. The summed E-state index contributed by atoms with van der Waals surface area (Å²) >= 11 is 0. The number of carbonyl (C=O) groups excluding carboxylic acids is 2. The fourth-order valence-electron chi connectivity index (χ4n) is 3.70. The number of halogens is 1. The average molecular weight is 452 g/mol. The van der Waals surface area contributed by atoms with Crippen LogP contribution in [0, 0.1) is 11.2 Å². The minimum atomic E-state index is -0.542. The normalized spacial score (nSPS) is 11.3. The van der Waals surface area contributed by atoms with E-state index in [0.717, 1.165) is 38.5 Å². The molecule has 6 heteroatoms. The van der Waals surface area contributed by atoms with E-state index in [0.29, 0.717) is 25.3 Å². The lowest BCUT2D eigenvalue weighted by Gasteiger charge is -2.30. The molecule has 182 valence electrons. The zero-order valence-corrected chi connectivity index (χ0v) is 20.7. The molecular formula is C26H42FNO4. The summed E-state index contributed by atoms with van der Waals surface area (Å²) in [5.41, 5.74) is 0.0363. The van der Waals surface area contributed by atoms with Gasteiger partial charge in [0.2, 0.25) is 0 Å². The van der Waals surface area contributed by atoms with Crippen LogP contribution >= 0.6 is 0 Å². The molecule has 1 aromatic carbocycles. The molecule has 0 atom stereocenters. The van der Waals surface area contributed by atoms with E-state index in [1.54, 1.807) is 11.0 Å². The number of methoxy groups -OCH3 is 2. The first-order valence-electron chi connectivity index (χ1n) is 11.9. The Morgan fingerprint density at radius 2 is 1.47 bits per heavy atom. The molecule has 0 aromatic heterocycles. The number of esters is 1. The number of hydrogen-bond acceptors (Lipinski definition) is 4. The van der Waals surface area contributed by atoms with E-state index >= 15 is 0 Å². The van der Waals surface area contributed by atoms with Crippen LogP contribution in [0.15, 0.2) is 18.2 Å². The maximum absolute atomic E-state index is 14.4. The Bertz CT molecular complexity index is 700. The minimum Gasteiger partial charge on any atom is -0.497 e. The van der Waals surface area contributed by atoms with Crippen LogP contribution in [0.3, 0.4) is 0 Å². The first-order valence-corrected chi connectivity index (χ1v) is 11.9. The molecule has 0 unspecified atom stereocenters. The molecule has 0 bridgehead atoms. The highest BCUT2D eigenvalue weighted by Crippen LogP contribution is 2.22. The predicted octanol–water partition coefficient (Wildman–Crippen LogP) is 6.40. The summed E-state index contributed by atoms with van der Waals surface area (Å²) in [5.74, 6) is -0.518. The zero-order chi connectivity index (χ0) is 24.0. The standard InChI is InChI=1S/C26H42FNO4/c1-26(2,3)20-28(25(30)22-17-16-21(31-4)19-23(22)27)18-14-12-10-8-6-7-9-11-13-15-24(29)32-5/h16-17,19H,6-15,18,20H2,1-5H3. The Morgan fingerprint density at radius 3 is 1.97 bits per heavy atom. The Kier molecular flexibility index (Phi) is 13.0. The molecule has 0 aliphatic rings. The lowest BCUT2D eigenvalue weighted by molar-refractivity contribution is -0.140. The SMILES string of the molecule is COC(=O)CCCCCCCCCCCN(CC(C)(C)C)C(=O)c1ccc(OC)cc1F. The molecule has 0 N–H and O–H groups in total. The number of unbranched alkanes of at least 4 members (excludes halogenated alkanes) is 8. The number of rotatable bonds is 15. The van der Waals surface area contributed by atoms with Crippen molar-refractivity contribution in [3.63, 3.8) is 0 Å². The first kappa shape index (κ1) is 27.9. The fourth-order valence-corrected chi connectivity index (χ4v) is 3.70. The van der Waals surface area contributed by atoms with Gasteiger partial charge in [-0.15, -0.1) is 0 Å². The average Bonchev–Trinajstić information content (AvgIpc) is 2.74. The van der Waals surface area contributed by atoms with Gasteiger partial charge in [0, 0.05) is 25.6 Å². The smallest absolute Gasteiger partial charge is 0.305 e. The van der Waals surface area contributed by atoms with Gasteiger partial charge in [0.1, 0.15) is 11.6 Å². The molecule has 1 aromatic rings.